The lowest BCUT2D eigenvalue weighted by atomic mass is 9.90. The Bertz CT molecular complexity index is 2400. The molecule has 0 spiro atoms. The maximum absolute atomic E-state index is 14.6. The average molecular weight is 942 g/mol. The zero-order valence-corrected chi connectivity index (χ0v) is 39.3. The number of fused-ring (bicyclic) bond motifs is 1. The Kier molecular flexibility index (Phi) is 16.2. The minimum Gasteiger partial charge on any atom is -0.542 e. The third-order valence-corrected chi connectivity index (χ3v) is 14.1. The number of aliphatic imine (C=N–C) groups is 1. The van der Waals surface area contributed by atoms with E-state index in [1.807, 2.05) is 66.7 Å². The van der Waals surface area contributed by atoms with Gasteiger partial charge in [0.25, 0.3) is 5.91 Å². The number of benzene rings is 4. The molecule has 0 N–H and O–H groups in total. The summed E-state index contributed by atoms with van der Waals surface area (Å²) in [6.45, 7) is 4.87. The summed E-state index contributed by atoms with van der Waals surface area (Å²) >= 11 is 9.34. The number of hydrogen-bond acceptors (Lipinski definition) is 14. The fourth-order valence-corrected chi connectivity index (χ4v) is 10.7. The van der Waals surface area contributed by atoms with E-state index in [1.54, 1.807) is 59.3 Å². The Morgan fingerprint density at radius 3 is 2.08 bits per heavy atom. The van der Waals surface area contributed by atoms with E-state index < -0.39 is 38.9 Å². The average Bonchev–Trinajstić information content (AvgIpc) is 3.65. The summed E-state index contributed by atoms with van der Waals surface area (Å²) in [5.74, 6) is -0.903. The smallest absolute Gasteiger partial charge is 0.417 e. The number of ether oxygens (including phenoxy) is 5. The van der Waals surface area contributed by atoms with E-state index in [0.717, 1.165) is 45.1 Å². The maximum Gasteiger partial charge on any atom is 0.417 e. The number of methoxy groups -OCH3 is 2. The third kappa shape index (κ3) is 11.8. The van der Waals surface area contributed by atoms with Crippen molar-refractivity contribution in [2.75, 3.05) is 40.1 Å². The molecule has 340 valence electrons. The molecule has 2 aliphatic heterocycles. The van der Waals surface area contributed by atoms with Crippen molar-refractivity contribution in [2.45, 2.75) is 61.9 Å². The van der Waals surface area contributed by atoms with Crippen LogP contribution in [0.4, 0.5) is 4.79 Å². The zero-order chi connectivity index (χ0) is 46.9. The fourth-order valence-electron chi connectivity index (χ4n) is 7.12. The van der Waals surface area contributed by atoms with Crippen molar-refractivity contribution in [1.82, 2.24) is 9.80 Å². The van der Waals surface area contributed by atoms with Crippen LogP contribution in [0.15, 0.2) is 96.0 Å². The van der Waals surface area contributed by atoms with Crippen molar-refractivity contribution in [3.8, 4) is 23.0 Å². The van der Waals surface area contributed by atoms with Crippen LogP contribution in [0.5, 0.6) is 23.0 Å². The number of nitrogens with zero attached hydrogens (tertiary/aromatic N) is 3. The summed E-state index contributed by atoms with van der Waals surface area (Å²) in [7, 11) is 9.98. The summed E-state index contributed by atoms with van der Waals surface area (Å²) in [6.07, 6.45) is -0.787. The van der Waals surface area contributed by atoms with Gasteiger partial charge in [-0.25, -0.2) is 9.69 Å². The predicted octanol–water partition coefficient (Wildman–Crippen LogP) is 7.49. The molecule has 2 radical (unpaired) electrons. The SMILES string of the molecule is [B]OC(=O)[C@@]1(SCCN(C(=O)OC(C)(C)C)C(=O)C(=NC)c2ccc(OCc3ccc(OC)cc3)c(OCc3ccc(OC)cc3)c2Cl)CN2C(=O)[C@@H](CC(=O)Cc3ccccc3)[C@H]2S1. The van der Waals surface area contributed by atoms with Crippen molar-refractivity contribution in [3.05, 3.63) is 118 Å². The largest absolute Gasteiger partial charge is 0.542 e. The highest BCUT2D eigenvalue weighted by atomic mass is 35.5. The lowest BCUT2D eigenvalue weighted by molar-refractivity contribution is -0.152. The molecule has 0 unspecified atom stereocenters. The molecule has 2 fully saturated rings. The first-order valence-electron chi connectivity index (χ1n) is 20.5. The summed E-state index contributed by atoms with van der Waals surface area (Å²) in [5, 5.41) is -0.487. The second-order valence-corrected chi connectivity index (χ2v) is 19.5. The van der Waals surface area contributed by atoms with E-state index in [4.69, 9.17) is 48.0 Å². The van der Waals surface area contributed by atoms with Gasteiger partial charge < -0.3 is 33.2 Å². The predicted molar refractivity (Wildman–Crippen MR) is 250 cm³/mol. The molecule has 2 saturated heterocycles. The normalized spacial score (nSPS) is 17.9. The fraction of sp³-hybridized carbons (Fsp3) is 0.362. The van der Waals surface area contributed by atoms with Gasteiger partial charge in [-0.3, -0.25) is 24.2 Å². The van der Waals surface area contributed by atoms with Crippen LogP contribution in [-0.2, 0) is 48.2 Å². The Hall–Kier alpha value is -5.65. The lowest BCUT2D eigenvalue weighted by Crippen LogP contribution is -2.57. The van der Waals surface area contributed by atoms with Crippen molar-refractivity contribution < 1.29 is 52.3 Å². The van der Waals surface area contributed by atoms with Gasteiger partial charge in [-0.05, 0) is 73.9 Å². The molecule has 4 aromatic carbocycles. The van der Waals surface area contributed by atoms with Crippen molar-refractivity contribution in [3.63, 3.8) is 0 Å². The van der Waals surface area contributed by atoms with E-state index in [0.29, 0.717) is 11.5 Å². The molecular formula is C47H49BClN3O11S2. The first kappa shape index (κ1) is 48.8. The molecule has 3 atom stereocenters. The highest BCUT2D eigenvalue weighted by molar-refractivity contribution is 8.20. The summed E-state index contributed by atoms with van der Waals surface area (Å²) < 4.78 is 32.1. The molecule has 0 bridgehead atoms. The van der Waals surface area contributed by atoms with Crippen molar-refractivity contribution in [1.29, 1.82) is 0 Å². The molecule has 4 aromatic rings. The molecule has 0 aromatic heterocycles. The second kappa shape index (κ2) is 21.6. The van der Waals surface area contributed by atoms with Gasteiger partial charge in [0.1, 0.15) is 41.8 Å². The molecule has 65 heavy (non-hydrogen) atoms. The number of ketones is 1. The summed E-state index contributed by atoms with van der Waals surface area (Å²) in [4.78, 5) is 74.9. The summed E-state index contributed by atoms with van der Waals surface area (Å²) in [5.41, 5.74) is 1.43. The number of hydrogen-bond donors (Lipinski definition) is 0. The maximum atomic E-state index is 14.6. The van der Waals surface area contributed by atoms with Gasteiger partial charge in [-0.2, -0.15) is 0 Å². The van der Waals surface area contributed by atoms with E-state index in [1.165, 1.54) is 11.9 Å². The number of amides is 3. The molecule has 14 nitrogen and oxygen atoms in total. The number of carbonyl (C=O) groups is 5. The van der Waals surface area contributed by atoms with Crippen molar-refractivity contribution in [2.24, 2.45) is 10.9 Å². The van der Waals surface area contributed by atoms with Crippen LogP contribution < -0.4 is 18.9 Å². The van der Waals surface area contributed by atoms with Crippen LogP contribution in [0, 0.1) is 5.92 Å². The van der Waals surface area contributed by atoms with Gasteiger partial charge >= 0.3 is 20.1 Å². The molecule has 0 saturated carbocycles. The van der Waals surface area contributed by atoms with E-state index in [2.05, 4.69) is 4.99 Å². The first-order chi connectivity index (χ1) is 31.1. The third-order valence-electron chi connectivity index (χ3n) is 10.4. The topological polar surface area (TPSA) is 160 Å². The highest BCUT2D eigenvalue weighted by Gasteiger charge is 2.62. The molecular weight excluding hydrogens is 893 g/mol. The standard InChI is InChI=1S/C47H49BClN3O11S2/c1-46(2,3)62-45(57)51(22-23-64-47(44(56)63-48)28-52-41(54)36(43(52)65-47)25-32(53)24-29-10-8-7-9-11-29)42(55)39(50-4)35-20-21-37(60-26-30-12-16-33(58-5)17-13-30)40(38(35)49)61-27-31-14-18-34(59-6)19-15-31/h7-21,36,43H,22-28H2,1-6H3/t36-,43-,47-/m1/s1. The molecule has 18 heteroatoms. The number of carbonyl (C=O) groups excluding carboxylic acids is 5. The Labute approximate surface area is 393 Å². The second-order valence-electron chi connectivity index (χ2n) is 16.0. The monoisotopic (exact) mass is 941 g/mol. The molecule has 0 aliphatic carbocycles. The highest BCUT2D eigenvalue weighted by Crippen LogP contribution is 2.55. The van der Waals surface area contributed by atoms with Crippen molar-refractivity contribution >= 4 is 78.5 Å². The lowest BCUT2D eigenvalue weighted by Gasteiger charge is -2.41. The number of imide groups is 1. The zero-order valence-electron chi connectivity index (χ0n) is 36.9. The van der Waals surface area contributed by atoms with Gasteiger partial charge in [-0.1, -0.05) is 66.2 Å². The Balaban J connectivity index is 1.23. The van der Waals surface area contributed by atoms with Gasteiger partial charge in [0.05, 0.1) is 37.1 Å². The van der Waals surface area contributed by atoms with Gasteiger partial charge in [0.15, 0.2) is 15.6 Å². The number of rotatable bonds is 19. The van der Waals surface area contributed by atoms with Crippen LogP contribution in [0.1, 0.15) is 49.4 Å². The molecule has 3 amide bonds. The minimum atomic E-state index is -1.42. The molecule has 2 aliphatic rings. The van der Waals surface area contributed by atoms with Gasteiger partial charge in [-0.15, -0.1) is 23.5 Å². The van der Waals surface area contributed by atoms with Crippen LogP contribution in [0.2, 0.25) is 5.02 Å². The Morgan fingerprint density at radius 1 is 0.892 bits per heavy atom. The quantitative estimate of drug-likeness (QED) is 0.0518. The Morgan fingerprint density at radius 2 is 1.51 bits per heavy atom. The van der Waals surface area contributed by atoms with Gasteiger partial charge in [0.2, 0.25) is 5.91 Å². The number of β-lactam (4-membered cyclic amide) rings is 1. The van der Waals surface area contributed by atoms with Gasteiger partial charge in [0, 0.05) is 37.8 Å². The van der Waals surface area contributed by atoms with E-state index in [-0.39, 0.29) is 84.4 Å². The number of thioether (sulfide) groups is 2. The van der Waals surface area contributed by atoms with Crippen LogP contribution in [0.3, 0.4) is 0 Å². The number of halogens is 1. The van der Waals surface area contributed by atoms with E-state index >= 15 is 0 Å². The summed E-state index contributed by atoms with van der Waals surface area (Å²) in [6, 6.07) is 27.0. The first-order valence-corrected chi connectivity index (χ1v) is 22.8. The number of Topliss-reactive ketones (excluding diaryl/α,β-unsaturated/α-hetero) is 1. The molecule has 2 heterocycles. The van der Waals surface area contributed by atoms with Crippen LogP contribution in [-0.4, -0.2) is 108 Å². The van der Waals surface area contributed by atoms with Crippen LogP contribution >= 0.6 is 35.1 Å². The van der Waals surface area contributed by atoms with E-state index in [9.17, 15) is 24.0 Å². The minimum absolute atomic E-state index is 0.00352. The molecule has 6 rings (SSSR count). The van der Waals surface area contributed by atoms with Crippen LogP contribution in [0.25, 0.3) is 0 Å².